The summed E-state index contributed by atoms with van der Waals surface area (Å²) >= 11 is 0. The zero-order valence-corrected chi connectivity index (χ0v) is 16.7. The van der Waals surface area contributed by atoms with Crippen molar-refractivity contribution in [3.63, 3.8) is 0 Å². The van der Waals surface area contributed by atoms with Crippen molar-refractivity contribution in [2.24, 2.45) is 12.8 Å². The highest BCUT2D eigenvalue weighted by Crippen LogP contribution is 2.34. The van der Waals surface area contributed by atoms with Crippen molar-refractivity contribution in [3.05, 3.63) is 29.6 Å². The zero-order chi connectivity index (χ0) is 22.3. The Morgan fingerprint density at radius 1 is 1.29 bits per heavy atom. The van der Waals surface area contributed by atoms with E-state index < -0.39 is 17.6 Å². The molecule has 31 heavy (non-hydrogen) atoms. The smallest absolute Gasteiger partial charge is 0.418 e. The maximum atomic E-state index is 13.0. The quantitative estimate of drug-likeness (QED) is 0.575. The fourth-order valence-electron chi connectivity index (χ4n) is 3.78. The lowest BCUT2D eigenvalue weighted by Crippen LogP contribution is -2.29. The van der Waals surface area contributed by atoms with Crippen LogP contribution in [0.4, 0.5) is 30.6 Å². The van der Waals surface area contributed by atoms with Gasteiger partial charge in [-0.15, -0.1) is 0 Å². The van der Waals surface area contributed by atoms with Gasteiger partial charge in [0.05, 0.1) is 11.8 Å². The number of fused-ring (bicyclic) bond motifs is 1. The highest BCUT2D eigenvalue weighted by molar-refractivity contribution is 6.15. The second-order valence-electron chi connectivity index (χ2n) is 7.55. The van der Waals surface area contributed by atoms with E-state index in [9.17, 15) is 18.0 Å². The Morgan fingerprint density at radius 3 is 2.81 bits per heavy atom. The van der Waals surface area contributed by atoms with Crippen LogP contribution in [0.1, 0.15) is 35.2 Å². The van der Waals surface area contributed by atoms with Gasteiger partial charge in [0.2, 0.25) is 5.88 Å². The normalized spacial score (nSPS) is 17.7. The minimum absolute atomic E-state index is 0.0470. The Bertz CT molecular complexity index is 1120. The van der Waals surface area contributed by atoms with Gasteiger partial charge < -0.3 is 26.1 Å². The molecule has 3 aromatic rings. The van der Waals surface area contributed by atoms with Gasteiger partial charge in [-0.1, -0.05) is 0 Å². The van der Waals surface area contributed by atoms with E-state index in [0.29, 0.717) is 24.2 Å². The third-order valence-corrected chi connectivity index (χ3v) is 5.34. The van der Waals surface area contributed by atoms with Gasteiger partial charge >= 0.3 is 6.18 Å². The van der Waals surface area contributed by atoms with Gasteiger partial charge in [-0.25, -0.2) is 0 Å². The minimum atomic E-state index is -4.59. The number of carbonyl (C=O) groups excluding carboxylic acids is 1. The Labute approximate surface area is 175 Å². The predicted molar refractivity (Wildman–Crippen MR) is 109 cm³/mol. The predicted octanol–water partition coefficient (Wildman–Crippen LogP) is 2.73. The highest BCUT2D eigenvalue weighted by Gasteiger charge is 2.33. The highest BCUT2D eigenvalue weighted by atomic mass is 19.4. The van der Waals surface area contributed by atoms with Gasteiger partial charge in [0.15, 0.2) is 11.4 Å². The van der Waals surface area contributed by atoms with E-state index >= 15 is 0 Å². The van der Waals surface area contributed by atoms with Gasteiger partial charge in [0, 0.05) is 32.4 Å². The van der Waals surface area contributed by atoms with Crippen LogP contribution in [-0.2, 0) is 13.2 Å². The number of halogens is 3. The summed E-state index contributed by atoms with van der Waals surface area (Å²) in [6.07, 6.45) is 0.189. The summed E-state index contributed by atoms with van der Waals surface area (Å²) in [5, 5.41) is 6.98. The number of nitrogens with zero attached hydrogens (tertiary/aromatic N) is 4. The minimum Gasteiger partial charge on any atom is -0.438 e. The number of anilines is 3. The number of nitrogens with one attached hydrogen (secondary N) is 1. The van der Waals surface area contributed by atoms with Crippen LogP contribution in [0.3, 0.4) is 0 Å². The standard InChI is InChI=1S/C19H22F3N7O2/c1-28-18(29-5-2-3-11(23)4-6-29)12(9-26-28)27-17(30)14-15-13(31-16(14)24)7-10(8-25-15)19(20,21)22/h7-9,11H,2-6,23-24H2,1H3,(H,27,30)/t11-/m1/s1. The first-order valence-corrected chi connectivity index (χ1v) is 9.74. The van der Waals surface area contributed by atoms with E-state index in [1.807, 2.05) is 0 Å². The molecule has 0 saturated carbocycles. The molecule has 4 rings (SSSR count). The molecule has 1 saturated heterocycles. The molecule has 0 unspecified atom stereocenters. The van der Waals surface area contributed by atoms with Gasteiger partial charge in [-0.2, -0.15) is 18.3 Å². The molecule has 1 aliphatic rings. The number of amides is 1. The molecule has 0 bridgehead atoms. The molecule has 12 heteroatoms. The van der Waals surface area contributed by atoms with E-state index in [2.05, 4.69) is 20.3 Å². The van der Waals surface area contributed by atoms with E-state index in [-0.39, 0.29) is 28.6 Å². The summed E-state index contributed by atoms with van der Waals surface area (Å²) in [4.78, 5) is 18.8. The zero-order valence-electron chi connectivity index (χ0n) is 16.7. The van der Waals surface area contributed by atoms with Crippen LogP contribution in [0.25, 0.3) is 11.1 Å². The van der Waals surface area contributed by atoms with Crippen molar-refractivity contribution in [1.82, 2.24) is 14.8 Å². The number of hydrogen-bond acceptors (Lipinski definition) is 7. The first-order chi connectivity index (χ1) is 14.6. The van der Waals surface area contributed by atoms with Gasteiger partial charge in [-0.3, -0.25) is 14.5 Å². The molecule has 0 aliphatic carbocycles. The Morgan fingerprint density at radius 2 is 2.06 bits per heavy atom. The Balaban J connectivity index is 1.64. The van der Waals surface area contributed by atoms with Crippen LogP contribution in [0.2, 0.25) is 0 Å². The SMILES string of the molecule is Cn1ncc(NC(=O)c2c(N)oc3cc(C(F)(F)F)cnc23)c1N1CCC[C@@H](N)CC1. The largest absolute Gasteiger partial charge is 0.438 e. The van der Waals surface area contributed by atoms with Crippen LogP contribution in [0.15, 0.2) is 22.9 Å². The van der Waals surface area contributed by atoms with Crippen molar-refractivity contribution >= 4 is 34.4 Å². The molecular formula is C19H22F3N7O2. The molecule has 1 amide bonds. The number of nitrogens with two attached hydrogens (primary N) is 2. The lowest BCUT2D eigenvalue weighted by molar-refractivity contribution is -0.137. The Kier molecular flexibility index (Phi) is 5.25. The molecule has 3 aromatic heterocycles. The fraction of sp³-hybridized carbons (Fsp3) is 0.421. The number of hydrogen-bond donors (Lipinski definition) is 3. The maximum absolute atomic E-state index is 13.0. The molecular weight excluding hydrogens is 415 g/mol. The molecule has 1 atom stereocenters. The van der Waals surface area contributed by atoms with E-state index in [0.717, 1.165) is 31.9 Å². The number of nitrogen functional groups attached to an aromatic ring is 1. The number of rotatable bonds is 3. The van der Waals surface area contributed by atoms with Crippen molar-refractivity contribution in [2.75, 3.05) is 29.0 Å². The average Bonchev–Trinajstić information content (AvgIpc) is 3.13. The molecule has 4 heterocycles. The number of furan rings is 1. The second-order valence-corrected chi connectivity index (χ2v) is 7.55. The molecule has 5 N–H and O–H groups in total. The molecule has 9 nitrogen and oxygen atoms in total. The van der Waals surface area contributed by atoms with Crippen molar-refractivity contribution in [3.8, 4) is 0 Å². The Hall–Kier alpha value is -3.28. The number of aryl methyl sites for hydroxylation is 1. The van der Waals surface area contributed by atoms with Crippen LogP contribution < -0.4 is 21.7 Å². The van der Waals surface area contributed by atoms with Crippen LogP contribution in [-0.4, -0.2) is 39.8 Å². The fourth-order valence-corrected chi connectivity index (χ4v) is 3.78. The average molecular weight is 437 g/mol. The summed E-state index contributed by atoms with van der Waals surface area (Å²) in [6.45, 7) is 1.47. The summed E-state index contributed by atoms with van der Waals surface area (Å²) in [5.41, 5.74) is 10.9. The molecule has 0 aromatic carbocycles. The number of aromatic nitrogens is 3. The van der Waals surface area contributed by atoms with Gasteiger partial charge in [0.1, 0.15) is 16.8 Å². The third kappa shape index (κ3) is 4.02. The van der Waals surface area contributed by atoms with E-state index in [1.165, 1.54) is 6.20 Å². The number of alkyl halides is 3. The summed E-state index contributed by atoms with van der Waals surface area (Å²) in [7, 11) is 1.76. The van der Waals surface area contributed by atoms with Gasteiger partial charge in [-0.05, 0) is 25.3 Å². The summed E-state index contributed by atoms with van der Waals surface area (Å²) < 4.78 is 45.6. The van der Waals surface area contributed by atoms with Crippen molar-refractivity contribution < 1.29 is 22.4 Å². The molecule has 1 fully saturated rings. The monoisotopic (exact) mass is 437 g/mol. The number of carbonyl (C=O) groups is 1. The topological polar surface area (TPSA) is 128 Å². The van der Waals surface area contributed by atoms with Crippen molar-refractivity contribution in [1.29, 1.82) is 0 Å². The van der Waals surface area contributed by atoms with E-state index in [1.54, 1.807) is 11.7 Å². The van der Waals surface area contributed by atoms with Crippen molar-refractivity contribution in [2.45, 2.75) is 31.5 Å². The number of pyridine rings is 1. The first-order valence-electron chi connectivity index (χ1n) is 9.74. The molecule has 166 valence electrons. The van der Waals surface area contributed by atoms with Crippen LogP contribution in [0.5, 0.6) is 0 Å². The summed E-state index contributed by atoms with van der Waals surface area (Å²) in [5.74, 6) is -0.254. The second kappa shape index (κ2) is 7.76. The molecule has 0 radical (unpaired) electrons. The lowest BCUT2D eigenvalue weighted by Gasteiger charge is -2.24. The first kappa shape index (κ1) is 21.0. The van der Waals surface area contributed by atoms with Crippen LogP contribution in [0, 0.1) is 0 Å². The third-order valence-electron chi connectivity index (χ3n) is 5.34. The molecule has 0 spiro atoms. The molecule has 1 aliphatic heterocycles. The van der Waals surface area contributed by atoms with Crippen LogP contribution >= 0.6 is 0 Å². The van der Waals surface area contributed by atoms with Gasteiger partial charge in [0.25, 0.3) is 5.91 Å². The summed E-state index contributed by atoms with van der Waals surface area (Å²) in [6, 6.07) is 0.895. The maximum Gasteiger partial charge on any atom is 0.418 e. The lowest BCUT2D eigenvalue weighted by atomic mass is 10.1. The van der Waals surface area contributed by atoms with E-state index in [4.69, 9.17) is 15.9 Å².